The Balaban J connectivity index is 3.29. The van der Waals surface area contributed by atoms with Gasteiger partial charge >= 0.3 is 0 Å². The van der Waals surface area contributed by atoms with Crippen molar-refractivity contribution in [3.63, 3.8) is 0 Å². The molecule has 0 saturated carbocycles. The lowest BCUT2D eigenvalue weighted by molar-refractivity contribution is 0.335. The van der Waals surface area contributed by atoms with Gasteiger partial charge in [0.1, 0.15) is 0 Å². The molecule has 84 valence electrons. The smallest absolute Gasteiger partial charge is 0.165 e. The van der Waals surface area contributed by atoms with Crippen molar-refractivity contribution < 1.29 is 9.47 Å². The Bertz CT molecular complexity index is 334. The summed E-state index contributed by atoms with van der Waals surface area (Å²) < 4.78 is 10.7. The molecule has 0 aliphatic carbocycles. The maximum Gasteiger partial charge on any atom is 0.165 e. The second-order valence-electron chi connectivity index (χ2n) is 3.92. The lowest BCUT2D eigenvalue weighted by Gasteiger charge is -2.27. The molecule has 0 amide bonds. The van der Waals surface area contributed by atoms with Gasteiger partial charge in [-0.15, -0.1) is 0 Å². The van der Waals surface area contributed by atoms with Gasteiger partial charge in [-0.05, 0) is 27.0 Å². The van der Waals surface area contributed by atoms with Gasteiger partial charge in [0.15, 0.2) is 11.5 Å². The van der Waals surface area contributed by atoms with Gasteiger partial charge in [0.05, 0.1) is 14.2 Å². The molecule has 0 aliphatic rings. The minimum absolute atomic E-state index is 0.139. The Morgan fingerprint density at radius 2 is 1.80 bits per heavy atom. The average molecular weight is 209 g/mol. The molecule has 0 saturated heterocycles. The van der Waals surface area contributed by atoms with Crippen LogP contribution in [0.25, 0.3) is 0 Å². The second kappa shape index (κ2) is 4.53. The summed E-state index contributed by atoms with van der Waals surface area (Å²) in [6.07, 6.45) is 0. The van der Waals surface area contributed by atoms with Gasteiger partial charge in [0, 0.05) is 11.1 Å². The molecule has 3 heteroatoms. The number of ether oxygens (including phenoxy) is 2. The number of hydrogen-bond donors (Lipinski definition) is 1. The third-order valence-corrected chi connectivity index (χ3v) is 2.70. The van der Waals surface area contributed by atoms with Gasteiger partial charge in [-0.3, -0.25) is 0 Å². The molecule has 0 spiro atoms. The second-order valence-corrected chi connectivity index (χ2v) is 3.92. The van der Waals surface area contributed by atoms with Gasteiger partial charge < -0.3 is 14.8 Å². The number of methoxy groups -OCH3 is 2. The highest BCUT2D eigenvalue weighted by molar-refractivity contribution is 5.49. The Morgan fingerprint density at radius 1 is 1.13 bits per heavy atom. The van der Waals surface area contributed by atoms with E-state index in [9.17, 15) is 0 Å². The highest BCUT2D eigenvalue weighted by Crippen LogP contribution is 2.36. The fraction of sp³-hybridized carbons (Fsp3) is 0.500. The van der Waals surface area contributed by atoms with Crippen molar-refractivity contribution in [1.82, 2.24) is 5.32 Å². The van der Waals surface area contributed by atoms with Gasteiger partial charge in [-0.25, -0.2) is 0 Å². The number of hydrogen-bond acceptors (Lipinski definition) is 3. The molecule has 1 rings (SSSR count). The van der Waals surface area contributed by atoms with Crippen LogP contribution in [0.15, 0.2) is 18.2 Å². The summed E-state index contributed by atoms with van der Waals surface area (Å²) in [5.41, 5.74) is 0.951. The molecule has 0 atom stereocenters. The normalized spacial score (nSPS) is 11.3. The zero-order chi connectivity index (χ0) is 11.5. The van der Waals surface area contributed by atoms with E-state index in [1.54, 1.807) is 14.2 Å². The van der Waals surface area contributed by atoms with E-state index in [-0.39, 0.29) is 5.54 Å². The van der Waals surface area contributed by atoms with Crippen molar-refractivity contribution in [3.8, 4) is 11.5 Å². The molecule has 0 bridgehead atoms. The molecular formula is C12H19NO2. The molecule has 0 aliphatic heterocycles. The first kappa shape index (κ1) is 11.9. The summed E-state index contributed by atoms with van der Waals surface area (Å²) in [7, 11) is 5.24. The molecule has 0 aromatic heterocycles. The van der Waals surface area contributed by atoms with Crippen LogP contribution in [-0.4, -0.2) is 21.3 Å². The third kappa shape index (κ3) is 2.23. The molecule has 0 radical (unpaired) electrons. The Hall–Kier alpha value is -1.22. The SMILES string of the molecule is CNC(C)(C)c1cccc(OC)c1OC. The molecule has 0 unspecified atom stereocenters. The van der Waals surface area contributed by atoms with E-state index in [0.29, 0.717) is 0 Å². The van der Waals surface area contributed by atoms with E-state index in [1.165, 1.54) is 0 Å². The lowest BCUT2D eigenvalue weighted by atomic mass is 9.93. The van der Waals surface area contributed by atoms with Gasteiger partial charge in [-0.1, -0.05) is 12.1 Å². The van der Waals surface area contributed by atoms with Crippen LogP contribution in [0.3, 0.4) is 0 Å². The zero-order valence-electron chi connectivity index (χ0n) is 10.0. The first-order valence-corrected chi connectivity index (χ1v) is 4.97. The maximum absolute atomic E-state index is 5.39. The van der Waals surface area contributed by atoms with E-state index in [2.05, 4.69) is 19.2 Å². The van der Waals surface area contributed by atoms with Crippen LogP contribution in [0.5, 0.6) is 11.5 Å². The number of rotatable bonds is 4. The average Bonchev–Trinajstić information content (AvgIpc) is 2.27. The van der Waals surface area contributed by atoms with Crippen molar-refractivity contribution in [2.75, 3.05) is 21.3 Å². The maximum atomic E-state index is 5.39. The largest absolute Gasteiger partial charge is 0.493 e. The summed E-state index contributed by atoms with van der Waals surface area (Å²) in [6.45, 7) is 4.20. The number of nitrogens with one attached hydrogen (secondary N) is 1. The van der Waals surface area contributed by atoms with Crippen LogP contribution in [0.4, 0.5) is 0 Å². The van der Waals surface area contributed by atoms with Crippen LogP contribution in [-0.2, 0) is 5.54 Å². The monoisotopic (exact) mass is 209 g/mol. The lowest BCUT2D eigenvalue weighted by Crippen LogP contribution is -2.33. The van der Waals surface area contributed by atoms with Crippen molar-refractivity contribution in [1.29, 1.82) is 0 Å². The van der Waals surface area contributed by atoms with E-state index < -0.39 is 0 Å². The van der Waals surface area contributed by atoms with Gasteiger partial charge in [0.25, 0.3) is 0 Å². The molecular weight excluding hydrogens is 190 g/mol. The molecule has 0 fully saturated rings. The quantitative estimate of drug-likeness (QED) is 0.824. The standard InChI is InChI=1S/C12H19NO2/c1-12(2,13-3)9-7-6-8-10(14-4)11(9)15-5/h6-8,13H,1-5H3. The summed E-state index contributed by atoms with van der Waals surface area (Å²) in [5.74, 6) is 1.55. The van der Waals surface area contributed by atoms with Gasteiger partial charge in [0.2, 0.25) is 0 Å². The van der Waals surface area contributed by atoms with E-state index in [1.807, 2.05) is 25.2 Å². The summed E-state index contributed by atoms with van der Waals surface area (Å²) in [5, 5.41) is 3.25. The predicted octanol–water partition coefficient (Wildman–Crippen LogP) is 2.16. The van der Waals surface area contributed by atoms with Crippen LogP contribution in [0.2, 0.25) is 0 Å². The topological polar surface area (TPSA) is 30.5 Å². The molecule has 1 aromatic rings. The summed E-state index contributed by atoms with van der Waals surface area (Å²) in [4.78, 5) is 0. The molecule has 3 nitrogen and oxygen atoms in total. The fourth-order valence-corrected chi connectivity index (χ4v) is 1.51. The van der Waals surface area contributed by atoms with Gasteiger partial charge in [-0.2, -0.15) is 0 Å². The van der Waals surface area contributed by atoms with E-state index >= 15 is 0 Å². The van der Waals surface area contributed by atoms with Crippen molar-refractivity contribution in [3.05, 3.63) is 23.8 Å². The number of para-hydroxylation sites is 1. The molecule has 15 heavy (non-hydrogen) atoms. The molecule has 0 heterocycles. The Labute approximate surface area is 91.4 Å². The van der Waals surface area contributed by atoms with Crippen molar-refractivity contribution in [2.24, 2.45) is 0 Å². The number of benzene rings is 1. The highest BCUT2D eigenvalue weighted by atomic mass is 16.5. The van der Waals surface area contributed by atoms with Crippen LogP contribution in [0, 0.1) is 0 Å². The van der Waals surface area contributed by atoms with E-state index in [0.717, 1.165) is 17.1 Å². The fourth-order valence-electron chi connectivity index (χ4n) is 1.51. The zero-order valence-corrected chi connectivity index (χ0v) is 10.0. The van der Waals surface area contributed by atoms with Crippen molar-refractivity contribution >= 4 is 0 Å². The van der Waals surface area contributed by atoms with Crippen LogP contribution in [0.1, 0.15) is 19.4 Å². The first-order valence-electron chi connectivity index (χ1n) is 4.97. The first-order chi connectivity index (χ1) is 7.06. The molecule has 1 N–H and O–H groups in total. The molecule has 1 aromatic carbocycles. The third-order valence-electron chi connectivity index (χ3n) is 2.70. The summed E-state index contributed by atoms with van der Waals surface area (Å²) >= 11 is 0. The van der Waals surface area contributed by atoms with Crippen molar-refractivity contribution in [2.45, 2.75) is 19.4 Å². The Morgan fingerprint density at radius 3 is 2.27 bits per heavy atom. The Kier molecular flexibility index (Phi) is 3.58. The predicted molar refractivity (Wildman–Crippen MR) is 61.6 cm³/mol. The highest BCUT2D eigenvalue weighted by Gasteiger charge is 2.24. The summed E-state index contributed by atoms with van der Waals surface area (Å²) in [6, 6.07) is 5.90. The minimum atomic E-state index is -0.139. The minimum Gasteiger partial charge on any atom is -0.493 e. The van der Waals surface area contributed by atoms with E-state index in [4.69, 9.17) is 9.47 Å². The van der Waals surface area contributed by atoms with Crippen LogP contribution < -0.4 is 14.8 Å². The van der Waals surface area contributed by atoms with Crippen LogP contribution >= 0.6 is 0 Å².